The summed E-state index contributed by atoms with van der Waals surface area (Å²) in [6.45, 7) is 0.148. The van der Waals surface area contributed by atoms with Crippen molar-refractivity contribution in [3.63, 3.8) is 0 Å². The van der Waals surface area contributed by atoms with Crippen molar-refractivity contribution in [1.29, 1.82) is 0 Å². The molecule has 1 N–H and O–H groups in total. The van der Waals surface area contributed by atoms with E-state index in [0.29, 0.717) is 17.0 Å². The highest BCUT2D eigenvalue weighted by molar-refractivity contribution is 6.31. The summed E-state index contributed by atoms with van der Waals surface area (Å²) in [5.41, 5.74) is 0.545. The summed E-state index contributed by atoms with van der Waals surface area (Å²) in [5, 5.41) is 13.9. The molecule has 0 aliphatic carbocycles. The van der Waals surface area contributed by atoms with E-state index in [9.17, 15) is 19.3 Å². The number of hydrogen-bond acceptors (Lipinski definition) is 4. The second kappa shape index (κ2) is 8.49. The van der Waals surface area contributed by atoms with Crippen LogP contribution in [0.2, 0.25) is 5.02 Å². The van der Waals surface area contributed by atoms with Gasteiger partial charge in [0.05, 0.1) is 4.92 Å². The van der Waals surface area contributed by atoms with Crippen LogP contribution in [-0.2, 0) is 6.61 Å². The van der Waals surface area contributed by atoms with E-state index in [-0.39, 0.29) is 28.7 Å². The zero-order chi connectivity index (χ0) is 20.1. The molecule has 3 aromatic carbocycles. The fourth-order valence-corrected chi connectivity index (χ4v) is 2.68. The van der Waals surface area contributed by atoms with Gasteiger partial charge in [-0.05, 0) is 42.0 Å². The van der Waals surface area contributed by atoms with Gasteiger partial charge in [0.15, 0.2) is 0 Å². The number of amides is 1. The van der Waals surface area contributed by atoms with Gasteiger partial charge < -0.3 is 10.1 Å². The predicted octanol–water partition coefficient (Wildman–Crippen LogP) is 5.22. The second-order valence-corrected chi connectivity index (χ2v) is 6.26. The molecule has 142 valence electrons. The van der Waals surface area contributed by atoms with Crippen LogP contribution < -0.4 is 10.1 Å². The van der Waals surface area contributed by atoms with Gasteiger partial charge in [0.25, 0.3) is 11.6 Å². The summed E-state index contributed by atoms with van der Waals surface area (Å²) >= 11 is 5.86. The summed E-state index contributed by atoms with van der Waals surface area (Å²) in [4.78, 5) is 22.9. The molecule has 6 nitrogen and oxygen atoms in total. The molecule has 3 aromatic rings. The maximum Gasteiger partial charge on any atom is 0.282 e. The number of rotatable bonds is 6. The number of halogens is 2. The van der Waals surface area contributed by atoms with Crippen molar-refractivity contribution in [3.05, 3.63) is 98.8 Å². The normalized spacial score (nSPS) is 10.4. The van der Waals surface area contributed by atoms with Crippen molar-refractivity contribution < 1.29 is 18.8 Å². The molecule has 0 spiro atoms. The molecule has 0 aliphatic heterocycles. The first-order valence-corrected chi connectivity index (χ1v) is 8.53. The molecule has 28 heavy (non-hydrogen) atoms. The lowest BCUT2D eigenvalue weighted by Crippen LogP contribution is -2.14. The first-order valence-electron chi connectivity index (χ1n) is 8.15. The Morgan fingerprint density at radius 2 is 1.89 bits per heavy atom. The molecule has 3 rings (SSSR count). The van der Waals surface area contributed by atoms with E-state index in [1.54, 1.807) is 36.4 Å². The minimum absolute atomic E-state index is 0.148. The Labute approximate surface area is 164 Å². The lowest BCUT2D eigenvalue weighted by Gasteiger charge is -2.10. The molecule has 0 heterocycles. The molecular weight excluding hydrogens is 387 g/mol. The van der Waals surface area contributed by atoms with Crippen LogP contribution in [0.5, 0.6) is 5.75 Å². The van der Waals surface area contributed by atoms with Crippen LogP contribution in [0.15, 0.2) is 66.7 Å². The van der Waals surface area contributed by atoms with Crippen molar-refractivity contribution >= 4 is 28.9 Å². The van der Waals surface area contributed by atoms with Crippen LogP contribution in [0.25, 0.3) is 0 Å². The molecule has 0 saturated carbocycles. The largest absolute Gasteiger partial charge is 0.489 e. The van der Waals surface area contributed by atoms with E-state index in [4.69, 9.17) is 16.3 Å². The van der Waals surface area contributed by atoms with Gasteiger partial charge in [0.2, 0.25) is 0 Å². The van der Waals surface area contributed by atoms with Gasteiger partial charge in [-0.15, -0.1) is 0 Å². The number of ether oxygens (including phenoxy) is 1. The van der Waals surface area contributed by atoms with Crippen LogP contribution in [0, 0.1) is 15.9 Å². The Morgan fingerprint density at radius 3 is 2.64 bits per heavy atom. The van der Waals surface area contributed by atoms with E-state index >= 15 is 0 Å². The minimum atomic E-state index is -0.670. The molecule has 0 saturated heterocycles. The molecular formula is C20H14ClFN2O4. The number of nitro groups is 1. The first kappa shape index (κ1) is 19.3. The summed E-state index contributed by atoms with van der Waals surface area (Å²) < 4.78 is 18.8. The molecule has 0 unspecified atom stereocenters. The van der Waals surface area contributed by atoms with Crippen molar-refractivity contribution in [1.82, 2.24) is 0 Å². The molecule has 8 heteroatoms. The Kier molecular flexibility index (Phi) is 5.86. The van der Waals surface area contributed by atoms with Crippen LogP contribution in [-0.4, -0.2) is 10.8 Å². The predicted molar refractivity (Wildman–Crippen MR) is 103 cm³/mol. The Bertz CT molecular complexity index is 1040. The summed E-state index contributed by atoms with van der Waals surface area (Å²) in [7, 11) is 0. The van der Waals surface area contributed by atoms with Crippen molar-refractivity contribution in [3.8, 4) is 5.75 Å². The number of nitrogens with zero attached hydrogens (tertiary/aromatic N) is 1. The van der Waals surface area contributed by atoms with Crippen LogP contribution in [0.3, 0.4) is 0 Å². The van der Waals surface area contributed by atoms with Gasteiger partial charge in [-0.3, -0.25) is 14.9 Å². The second-order valence-electron chi connectivity index (χ2n) is 5.82. The molecule has 0 bridgehead atoms. The lowest BCUT2D eigenvalue weighted by atomic mass is 10.1. The number of hydrogen-bond donors (Lipinski definition) is 1. The average molecular weight is 401 g/mol. The number of carbonyl (C=O) groups excluding carboxylic acids is 1. The molecule has 0 radical (unpaired) electrons. The van der Waals surface area contributed by atoms with E-state index < -0.39 is 10.8 Å². The van der Waals surface area contributed by atoms with Gasteiger partial charge in [-0.1, -0.05) is 29.8 Å². The van der Waals surface area contributed by atoms with E-state index in [2.05, 4.69) is 5.32 Å². The Balaban J connectivity index is 1.73. The average Bonchev–Trinajstić information content (AvgIpc) is 2.66. The monoisotopic (exact) mass is 400 g/mol. The molecule has 1 amide bonds. The fourth-order valence-electron chi connectivity index (χ4n) is 2.50. The smallest absolute Gasteiger partial charge is 0.282 e. The Morgan fingerprint density at radius 1 is 1.11 bits per heavy atom. The van der Waals surface area contributed by atoms with Gasteiger partial charge in [0, 0.05) is 22.8 Å². The molecule has 0 aliphatic rings. The van der Waals surface area contributed by atoms with Crippen molar-refractivity contribution in [2.75, 3.05) is 5.32 Å². The number of nitrogens with one attached hydrogen (secondary N) is 1. The molecule has 0 aromatic heterocycles. The quantitative estimate of drug-likeness (QED) is 0.454. The third-order valence-corrected chi connectivity index (χ3v) is 4.02. The maximum absolute atomic E-state index is 13.2. The summed E-state index contributed by atoms with van der Waals surface area (Å²) in [6, 6.07) is 16.3. The van der Waals surface area contributed by atoms with E-state index in [1.807, 2.05) is 0 Å². The van der Waals surface area contributed by atoms with E-state index in [1.165, 1.54) is 30.3 Å². The van der Waals surface area contributed by atoms with Gasteiger partial charge in [0.1, 0.15) is 23.7 Å². The highest BCUT2D eigenvalue weighted by atomic mass is 35.5. The number of carbonyl (C=O) groups is 1. The first-order chi connectivity index (χ1) is 13.4. The highest BCUT2D eigenvalue weighted by Crippen LogP contribution is 2.25. The number of benzene rings is 3. The summed E-state index contributed by atoms with van der Waals surface area (Å²) in [5.74, 6) is -0.579. The SMILES string of the molecule is O=C(Nc1cccc(OCc2cccc(F)c2)c1)c1cc(Cl)ccc1[N+](=O)[O-]. The van der Waals surface area contributed by atoms with Gasteiger partial charge >= 0.3 is 0 Å². The number of nitro benzene ring substituents is 1. The van der Waals surface area contributed by atoms with E-state index in [0.717, 1.165) is 0 Å². The van der Waals surface area contributed by atoms with Crippen LogP contribution in [0.4, 0.5) is 15.8 Å². The van der Waals surface area contributed by atoms with Gasteiger partial charge in [-0.2, -0.15) is 0 Å². The molecule has 0 atom stereocenters. The zero-order valence-electron chi connectivity index (χ0n) is 14.4. The topological polar surface area (TPSA) is 81.5 Å². The van der Waals surface area contributed by atoms with Crippen LogP contribution in [0.1, 0.15) is 15.9 Å². The zero-order valence-corrected chi connectivity index (χ0v) is 15.2. The maximum atomic E-state index is 13.2. The standard InChI is InChI=1S/C20H14ClFN2O4/c21-14-7-8-19(24(26)27)18(10-14)20(25)23-16-5-2-6-17(11-16)28-12-13-3-1-4-15(22)9-13/h1-11H,12H2,(H,23,25). The fraction of sp³-hybridized carbons (Fsp3) is 0.0500. The van der Waals surface area contributed by atoms with Crippen molar-refractivity contribution in [2.45, 2.75) is 6.61 Å². The lowest BCUT2D eigenvalue weighted by molar-refractivity contribution is -0.385. The third-order valence-electron chi connectivity index (χ3n) is 3.79. The summed E-state index contributed by atoms with van der Waals surface area (Å²) in [6.07, 6.45) is 0. The molecule has 0 fully saturated rings. The minimum Gasteiger partial charge on any atom is -0.489 e. The van der Waals surface area contributed by atoms with Crippen molar-refractivity contribution in [2.24, 2.45) is 0 Å². The number of anilines is 1. The Hall–Kier alpha value is -3.45. The highest BCUT2D eigenvalue weighted by Gasteiger charge is 2.20. The van der Waals surface area contributed by atoms with Gasteiger partial charge in [-0.25, -0.2) is 4.39 Å². The third kappa shape index (κ3) is 4.83. The van der Waals surface area contributed by atoms with Crippen LogP contribution >= 0.6 is 11.6 Å².